The van der Waals surface area contributed by atoms with Crippen molar-refractivity contribution in [1.29, 1.82) is 0 Å². The van der Waals surface area contributed by atoms with E-state index in [2.05, 4.69) is 28.9 Å². The molecule has 1 N–H and O–H groups in total. The maximum absolute atomic E-state index is 12.4. The molecule has 2 bridgehead atoms. The summed E-state index contributed by atoms with van der Waals surface area (Å²) >= 11 is 0. The summed E-state index contributed by atoms with van der Waals surface area (Å²) in [4.78, 5) is 41.5. The number of ether oxygens (including phenoxy) is 4. The molecule has 7 rings (SSSR count). The van der Waals surface area contributed by atoms with Crippen molar-refractivity contribution < 1.29 is 28.7 Å². The second-order valence-electron chi connectivity index (χ2n) is 11.7. The smallest absolute Gasteiger partial charge is 0.330 e. The van der Waals surface area contributed by atoms with E-state index >= 15 is 0 Å². The number of fused-ring (bicyclic) bond motifs is 2. The molecule has 0 aromatic carbocycles. The zero-order valence-electron chi connectivity index (χ0n) is 22.1. The summed E-state index contributed by atoms with van der Waals surface area (Å²) in [7, 11) is 0. The molecule has 1 unspecified atom stereocenters. The summed E-state index contributed by atoms with van der Waals surface area (Å²) in [6, 6.07) is -0.560. The molecule has 5 aliphatic heterocycles. The van der Waals surface area contributed by atoms with Crippen LogP contribution in [0.3, 0.4) is 0 Å². The number of nitrogens with one attached hydrogen (secondary N) is 1. The first-order valence-electron chi connectivity index (χ1n) is 13.5. The number of aromatic amines is 1. The fraction of sp³-hybridized carbons (Fsp3) is 0.840. The molecule has 208 valence electrons. The molecule has 1 saturated carbocycles. The Balaban J connectivity index is 1.21. The van der Waals surface area contributed by atoms with Crippen molar-refractivity contribution in [2.24, 2.45) is 28.8 Å². The van der Waals surface area contributed by atoms with Crippen LogP contribution in [0.4, 0.5) is 0 Å². The van der Waals surface area contributed by atoms with E-state index in [4.69, 9.17) is 34.3 Å². The number of aromatic nitrogens is 2. The van der Waals surface area contributed by atoms with Crippen LogP contribution in [-0.4, -0.2) is 52.3 Å². The van der Waals surface area contributed by atoms with E-state index < -0.39 is 53.6 Å². The van der Waals surface area contributed by atoms with Crippen LogP contribution in [0.1, 0.15) is 64.7 Å². The van der Waals surface area contributed by atoms with Crippen molar-refractivity contribution in [3.63, 3.8) is 0 Å². The quantitative estimate of drug-likeness (QED) is 0.262. The van der Waals surface area contributed by atoms with E-state index in [1.807, 2.05) is 6.92 Å². The Labute approximate surface area is 219 Å². The van der Waals surface area contributed by atoms with Crippen molar-refractivity contribution in [2.75, 3.05) is 6.61 Å². The van der Waals surface area contributed by atoms with Crippen LogP contribution in [0.2, 0.25) is 0 Å². The van der Waals surface area contributed by atoms with Gasteiger partial charge in [-0.15, -0.1) is 0 Å². The van der Waals surface area contributed by atoms with Gasteiger partial charge in [-0.3, -0.25) is 14.3 Å². The molecule has 1 spiro atoms. The van der Waals surface area contributed by atoms with E-state index in [1.165, 1.54) is 10.8 Å². The minimum atomic E-state index is -0.876. The Morgan fingerprint density at radius 3 is 2.82 bits per heavy atom. The molecule has 1 aromatic rings. The van der Waals surface area contributed by atoms with Gasteiger partial charge in [-0.1, -0.05) is 19.0 Å². The highest BCUT2D eigenvalue weighted by atomic mass is 17.3. The van der Waals surface area contributed by atoms with Crippen LogP contribution in [-0.2, 0) is 28.7 Å². The van der Waals surface area contributed by atoms with Gasteiger partial charge in [0, 0.05) is 41.3 Å². The number of hydrogen-bond acceptors (Lipinski definition) is 9. The molecule has 5 saturated heterocycles. The van der Waals surface area contributed by atoms with Gasteiger partial charge in [0.1, 0.15) is 6.23 Å². The van der Waals surface area contributed by atoms with Gasteiger partial charge in [0.25, 0.3) is 5.56 Å². The molecule has 1 aliphatic carbocycles. The van der Waals surface area contributed by atoms with E-state index in [-0.39, 0.29) is 30.8 Å². The van der Waals surface area contributed by atoms with Gasteiger partial charge in [0.05, 0.1) is 18.8 Å². The van der Waals surface area contributed by atoms with Crippen LogP contribution in [0.15, 0.2) is 20.9 Å². The van der Waals surface area contributed by atoms with Gasteiger partial charge in [0.15, 0.2) is 18.2 Å². The summed E-state index contributed by atoms with van der Waals surface area (Å²) < 4.78 is 26.6. The Bertz CT molecular complexity index is 1250. The van der Waals surface area contributed by atoms with Gasteiger partial charge in [-0.25, -0.2) is 14.6 Å². The van der Waals surface area contributed by atoms with Crippen molar-refractivity contribution in [2.45, 2.75) is 102 Å². The maximum Gasteiger partial charge on any atom is 0.330 e. The summed E-state index contributed by atoms with van der Waals surface area (Å²) in [5, 5.41) is 3.90. The molecule has 6 aliphatic rings. The number of aryl methyl sites for hydroxylation is 1. The molecule has 0 radical (unpaired) electrons. The SMILES string of the molecule is Cc1cn([C@@H]2C[C@@H](N=[N+]=[N-])[C@H](CO[C@H]3OC4O[C@]5(C)CC[C@H]6[C@H](C)CC[C@@H]([C@H]3C)[C@@]46OO5)O2)c(=O)[nH]c1=O. The normalized spacial score (nSPS) is 45.7. The standard InChI is InChI=1S/C25H35N5O8/c1-12-5-6-16-14(3)21(35-22-25(16)15(12)7-8-24(4,36-22)37-38-25)33-11-18-17(28-29-26)9-19(34-18)30-10-13(2)20(31)27-23(30)32/h10,12,14-19,21-22H,5-9,11H2,1-4H3,(H,27,31,32)/t12-,14-,15+,16+,17-,18+,19+,21+,22?,24+,25-/m1/s1. The summed E-state index contributed by atoms with van der Waals surface area (Å²) in [5.74, 6) is -0.0631. The third kappa shape index (κ3) is 4.03. The lowest BCUT2D eigenvalue weighted by Gasteiger charge is -2.60. The molecule has 11 atom stereocenters. The first-order valence-corrected chi connectivity index (χ1v) is 13.5. The van der Waals surface area contributed by atoms with Crippen molar-refractivity contribution in [3.05, 3.63) is 43.0 Å². The zero-order chi connectivity index (χ0) is 26.8. The largest absolute Gasteiger partial charge is 0.352 e. The number of azide groups is 1. The maximum atomic E-state index is 12.4. The third-order valence-corrected chi connectivity index (χ3v) is 9.38. The van der Waals surface area contributed by atoms with Gasteiger partial charge >= 0.3 is 5.69 Å². The van der Waals surface area contributed by atoms with Crippen LogP contribution < -0.4 is 11.2 Å². The number of H-pyrrole nitrogens is 1. The first kappa shape index (κ1) is 26.0. The Hall–Kier alpha value is -2.25. The van der Waals surface area contributed by atoms with Gasteiger partial charge in [0.2, 0.25) is 5.79 Å². The molecular weight excluding hydrogens is 498 g/mol. The Morgan fingerprint density at radius 2 is 2.03 bits per heavy atom. The van der Waals surface area contributed by atoms with E-state index in [0.29, 0.717) is 11.5 Å². The summed E-state index contributed by atoms with van der Waals surface area (Å²) in [6.45, 7) is 7.95. The van der Waals surface area contributed by atoms with Crippen molar-refractivity contribution >= 4 is 0 Å². The van der Waals surface area contributed by atoms with Crippen LogP contribution in [0, 0.1) is 30.6 Å². The lowest BCUT2D eigenvalue weighted by atomic mass is 9.58. The van der Waals surface area contributed by atoms with Crippen molar-refractivity contribution in [3.8, 4) is 0 Å². The predicted molar refractivity (Wildman–Crippen MR) is 130 cm³/mol. The summed E-state index contributed by atoms with van der Waals surface area (Å²) in [6.07, 6.45) is 2.89. The Kier molecular flexibility index (Phi) is 6.46. The number of rotatable bonds is 5. The fourth-order valence-corrected chi connectivity index (χ4v) is 7.28. The first-order chi connectivity index (χ1) is 18.1. The second kappa shape index (κ2) is 9.44. The van der Waals surface area contributed by atoms with E-state index in [9.17, 15) is 9.59 Å². The van der Waals surface area contributed by atoms with E-state index in [1.54, 1.807) is 6.92 Å². The molecule has 1 aromatic heterocycles. The molecular formula is C25H35N5O8. The molecule has 0 amide bonds. The highest BCUT2D eigenvalue weighted by Crippen LogP contribution is 2.60. The average Bonchev–Trinajstić information content (AvgIpc) is 3.13. The van der Waals surface area contributed by atoms with Crippen molar-refractivity contribution in [1.82, 2.24) is 9.55 Å². The highest BCUT2D eigenvalue weighted by molar-refractivity contribution is 5.09. The third-order valence-electron chi connectivity index (χ3n) is 9.38. The predicted octanol–water partition coefficient (Wildman–Crippen LogP) is 3.04. The van der Waals surface area contributed by atoms with Gasteiger partial charge in [-0.2, -0.15) is 0 Å². The Morgan fingerprint density at radius 1 is 1.21 bits per heavy atom. The zero-order valence-corrected chi connectivity index (χ0v) is 22.1. The topological polar surface area (TPSA) is 159 Å². The van der Waals surface area contributed by atoms with Crippen LogP contribution in [0.25, 0.3) is 10.4 Å². The monoisotopic (exact) mass is 533 g/mol. The van der Waals surface area contributed by atoms with Gasteiger partial charge in [-0.05, 0) is 50.5 Å². The molecule has 13 nitrogen and oxygen atoms in total. The number of nitrogens with zero attached hydrogens (tertiary/aromatic N) is 4. The van der Waals surface area contributed by atoms with E-state index in [0.717, 1.165) is 25.7 Å². The average molecular weight is 534 g/mol. The molecule has 6 fully saturated rings. The molecule has 6 heterocycles. The number of hydrogen-bond donors (Lipinski definition) is 1. The van der Waals surface area contributed by atoms with Gasteiger partial charge < -0.3 is 18.9 Å². The van der Waals surface area contributed by atoms with Crippen LogP contribution in [0.5, 0.6) is 0 Å². The highest BCUT2D eigenvalue weighted by Gasteiger charge is 2.69. The fourth-order valence-electron chi connectivity index (χ4n) is 7.28. The lowest BCUT2D eigenvalue weighted by molar-refractivity contribution is -0.577. The summed E-state index contributed by atoms with van der Waals surface area (Å²) in [5.41, 5.74) is 7.80. The second-order valence-corrected chi connectivity index (χ2v) is 11.7. The molecule has 13 heteroatoms. The minimum absolute atomic E-state index is 0.0181. The van der Waals surface area contributed by atoms with Crippen LogP contribution >= 0.6 is 0 Å². The lowest BCUT2D eigenvalue weighted by Crippen LogP contribution is -2.70. The molecule has 38 heavy (non-hydrogen) atoms. The minimum Gasteiger partial charge on any atom is -0.352 e.